The fraction of sp³-hybridized carbons (Fsp3) is 0.591. The minimum Gasteiger partial charge on any atom is -0.744 e. The molecule has 0 radical (unpaired) electrons. The van der Waals surface area contributed by atoms with Gasteiger partial charge in [-0.1, -0.05) is 58.3 Å². The summed E-state index contributed by atoms with van der Waals surface area (Å²) in [5.74, 6) is -12.8. The lowest BCUT2D eigenvalue weighted by atomic mass is 10.1. The first kappa shape index (κ1) is 29.0. The molecule has 0 aliphatic heterocycles. The number of halogens is 5. The van der Waals surface area contributed by atoms with Crippen molar-refractivity contribution in [3.8, 4) is 0 Å². The van der Waals surface area contributed by atoms with Crippen LogP contribution in [0.25, 0.3) is 0 Å². The van der Waals surface area contributed by atoms with Gasteiger partial charge in [-0.15, -0.1) is 0 Å². The Kier molecular flexibility index (Phi) is 12.6. The van der Waals surface area contributed by atoms with Gasteiger partial charge in [-0.05, 0) is 12.8 Å². The van der Waals surface area contributed by atoms with Crippen LogP contribution in [0.4, 0.5) is 22.0 Å². The van der Waals surface area contributed by atoms with Crippen LogP contribution >= 0.6 is 0 Å². The first-order valence-electron chi connectivity index (χ1n) is 11.0. The summed E-state index contributed by atoms with van der Waals surface area (Å²) < 4.78 is 97.3. The van der Waals surface area contributed by atoms with Crippen molar-refractivity contribution in [1.82, 2.24) is 4.57 Å². The summed E-state index contributed by atoms with van der Waals surface area (Å²) >= 11 is 0. The number of aryl methyl sites for hydroxylation is 2. The van der Waals surface area contributed by atoms with E-state index >= 15 is 0 Å². The SMILES string of the molecule is CCCCCCCCCCCCn1cc[n+](C)c1.O=S(=O)([O-])c1c(F)c(F)c(F)c(F)c1F. The monoisotopic (exact) mass is 498 g/mol. The molecule has 2 rings (SSSR count). The minimum absolute atomic E-state index is 1.18. The van der Waals surface area contributed by atoms with Crippen molar-refractivity contribution >= 4 is 10.1 Å². The van der Waals surface area contributed by atoms with Gasteiger partial charge in [0.25, 0.3) is 0 Å². The van der Waals surface area contributed by atoms with E-state index in [0.717, 1.165) is 0 Å². The molecule has 2 aromatic rings. The van der Waals surface area contributed by atoms with E-state index in [1.54, 1.807) is 0 Å². The average molecular weight is 499 g/mol. The van der Waals surface area contributed by atoms with Gasteiger partial charge in [-0.2, -0.15) is 0 Å². The predicted molar refractivity (Wildman–Crippen MR) is 112 cm³/mol. The van der Waals surface area contributed by atoms with Crippen molar-refractivity contribution in [2.24, 2.45) is 7.05 Å². The van der Waals surface area contributed by atoms with Crippen LogP contribution in [0.1, 0.15) is 71.1 Å². The Morgan fingerprint density at radius 2 is 1.21 bits per heavy atom. The number of nitrogens with zero attached hydrogens (tertiary/aromatic N) is 2. The van der Waals surface area contributed by atoms with Gasteiger partial charge >= 0.3 is 0 Å². The molecule has 11 heteroatoms. The van der Waals surface area contributed by atoms with Crippen molar-refractivity contribution in [3.05, 3.63) is 47.8 Å². The molecule has 0 aliphatic carbocycles. The molecule has 0 unspecified atom stereocenters. The van der Waals surface area contributed by atoms with Gasteiger partial charge in [0.05, 0.1) is 13.6 Å². The van der Waals surface area contributed by atoms with Gasteiger partial charge in [-0.25, -0.2) is 39.5 Å². The maximum Gasteiger partial charge on any atom is 0.243 e. The quantitative estimate of drug-likeness (QED) is 0.0967. The third kappa shape index (κ3) is 9.79. The number of hydrogen-bond donors (Lipinski definition) is 0. The number of hydrogen-bond acceptors (Lipinski definition) is 3. The summed E-state index contributed by atoms with van der Waals surface area (Å²) in [4.78, 5) is -2.38. The molecule has 0 aliphatic rings. The number of unbranched alkanes of at least 4 members (excludes halogenated alkanes) is 9. The van der Waals surface area contributed by atoms with E-state index in [-0.39, 0.29) is 0 Å². The number of benzene rings is 1. The second kappa shape index (κ2) is 14.3. The highest BCUT2D eigenvalue weighted by molar-refractivity contribution is 7.85. The Morgan fingerprint density at radius 3 is 1.61 bits per heavy atom. The van der Waals surface area contributed by atoms with Crippen molar-refractivity contribution in [3.63, 3.8) is 0 Å². The lowest BCUT2D eigenvalue weighted by molar-refractivity contribution is -0.671. The molecular weight excluding hydrogens is 467 g/mol. The number of imidazole rings is 1. The fourth-order valence-electron chi connectivity index (χ4n) is 3.22. The van der Waals surface area contributed by atoms with E-state index in [9.17, 15) is 34.9 Å². The molecule has 1 heterocycles. The molecule has 0 atom stereocenters. The van der Waals surface area contributed by atoms with Crippen LogP contribution in [0.15, 0.2) is 23.6 Å². The van der Waals surface area contributed by atoms with Gasteiger partial charge in [0.15, 0.2) is 23.3 Å². The summed E-state index contributed by atoms with van der Waals surface area (Å²) in [6.07, 6.45) is 20.6. The zero-order valence-electron chi connectivity index (χ0n) is 18.9. The summed E-state index contributed by atoms with van der Waals surface area (Å²) in [6.45, 7) is 3.46. The number of aromatic nitrogens is 2. The largest absolute Gasteiger partial charge is 0.744 e. The first-order chi connectivity index (χ1) is 15.5. The summed E-state index contributed by atoms with van der Waals surface area (Å²) in [5.41, 5.74) is 0. The molecule has 188 valence electrons. The predicted octanol–water partition coefficient (Wildman–Crippen LogP) is 5.52. The normalized spacial score (nSPS) is 11.4. The van der Waals surface area contributed by atoms with Crippen molar-refractivity contribution in [1.29, 1.82) is 0 Å². The summed E-state index contributed by atoms with van der Waals surface area (Å²) in [6, 6.07) is 0. The maximum absolute atomic E-state index is 12.6. The minimum atomic E-state index is -5.77. The van der Waals surface area contributed by atoms with Crippen molar-refractivity contribution < 1.29 is 39.5 Å². The van der Waals surface area contributed by atoms with Gasteiger partial charge in [0, 0.05) is 0 Å². The van der Waals surface area contributed by atoms with E-state index in [1.807, 2.05) is 0 Å². The highest BCUT2D eigenvalue weighted by Gasteiger charge is 2.28. The summed E-state index contributed by atoms with van der Waals surface area (Å²) in [5, 5.41) is 0. The molecule has 1 aromatic carbocycles. The molecule has 0 spiro atoms. The smallest absolute Gasteiger partial charge is 0.243 e. The maximum atomic E-state index is 12.6. The second-order valence-corrected chi connectivity index (χ2v) is 9.17. The molecule has 0 saturated heterocycles. The lowest BCUT2D eigenvalue weighted by Crippen LogP contribution is -2.23. The zero-order chi connectivity index (χ0) is 25.0. The lowest BCUT2D eigenvalue weighted by Gasteiger charge is -2.10. The molecule has 5 nitrogen and oxygen atoms in total. The second-order valence-electron chi connectivity index (χ2n) is 7.85. The van der Waals surface area contributed by atoms with Crippen molar-refractivity contribution in [2.75, 3.05) is 0 Å². The van der Waals surface area contributed by atoms with Gasteiger partial charge in [0.2, 0.25) is 12.1 Å². The van der Waals surface area contributed by atoms with Gasteiger partial charge < -0.3 is 4.55 Å². The standard InChI is InChI=1S/C16H31N2.C6HF5O3S/c1-3-4-5-6-7-8-9-10-11-12-13-18-15-14-17(2)16-18;7-1-2(8)4(10)6(15(12,13)14)5(11)3(1)9/h14-16H,3-13H2,1-2H3;(H,12,13,14)/q+1;/p-1. The van der Waals surface area contributed by atoms with Crippen LogP contribution in [-0.2, 0) is 23.7 Å². The highest BCUT2D eigenvalue weighted by Crippen LogP contribution is 2.26. The fourth-order valence-corrected chi connectivity index (χ4v) is 3.84. The summed E-state index contributed by atoms with van der Waals surface area (Å²) in [7, 11) is -3.69. The molecule has 0 bridgehead atoms. The van der Waals surface area contributed by atoms with E-state index in [0.29, 0.717) is 0 Å². The average Bonchev–Trinajstić information content (AvgIpc) is 3.17. The third-order valence-corrected chi connectivity index (χ3v) is 5.87. The Morgan fingerprint density at radius 1 is 0.788 bits per heavy atom. The Hall–Kier alpha value is -2.01. The van der Waals surface area contributed by atoms with E-state index < -0.39 is 44.1 Å². The Bertz CT molecular complexity index is 952. The van der Waals surface area contributed by atoms with Gasteiger partial charge in [0.1, 0.15) is 27.4 Å². The van der Waals surface area contributed by atoms with E-state index in [1.165, 1.54) is 70.8 Å². The van der Waals surface area contributed by atoms with E-state index in [2.05, 4.69) is 41.8 Å². The van der Waals surface area contributed by atoms with Crippen molar-refractivity contribution in [2.45, 2.75) is 82.6 Å². The first-order valence-corrected chi connectivity index (χ1v) is 12.4. The Balaban J connectivity index is 0.000000335. The van der Waals surface area contributed by atoms with E-state index in [4.69, 9.17) is 0 Å². The zero-order valence-corrected chi connectivity index (χ0v) is 19.7. The third-order valence-electron chi connectivity index (χ3n) is 5.01. The van der Waals surface area contributed by atoms with Gasteiger partial charge in [-0.3, -0.25) is 0 Å². The van der Waals surface area contributed by atoms with Crippen LogP contribution in [0.2, 0.25) is 0 Å². The molecule has 1 aromatic heterocycles. The Labute approximate surface area is 192 Å². The molecule has 0 N–H and O–H groups in total. The van der Waals surface area contributed by atoms with Crippen LogP contribution in [0.5, 0.6) is 0 Å². The van der Waals surface area contributed by atoms with Crippen LogP contribution in [0, 0.1) is 29.1 Å². The molecular formula is C22H31F5N2O3S. The highest BCUT2D eigenvalue weighted by atomic mass is 32.2. The molecule has 0 saturated carbocycles. The van der Waals surface area contributed by atoms with Crippen LogP contribution in [-0.4, -0.2) is 17.5 Å². The van der Waals surface area contributed by atoms with Crippen LogP contribution < -0.4 is 4.57 Å². The molecule has 0 amide bonds. The van der Waals surface area contributed by atoms with Crippen LogP contribution in [0.3, 0.4) is 0 Å². The topological polar surface area (TPSA) is 66.0 Å². The molecule has 0 fully saturated rings. The number of rotatable bonds is 12. The molecule has 33 heavy (non-hydrogen) atoms.